The third kappa shape index (κ3) is 2.82. The number of nitrogen functional groups attached to an aromatic ring is 2. The fourth-order valence-corrected chi connectivity index (χ4v) is 1.44. The first-order valence-corrected chi connectivity index (χ1v) is 5.12. The van der Waals surface area contributed by atoms with Crippen molar-refractivity contribution < 1.29 is 8.78 Å². The van der Waals surface area contributed by atoms with Crippen LogP contribution in [0, 0.1) is 11.6 Å². The predicted molar refractivity (Wildman–Crippen MR) is 64.5 cm³/mol. The lowest BCUT2D eigenvalue weighted by Gasteiger charge is -2.07. The van der Waals surface area contributed by atoms with Crippen LogP contribution in [-0.4, -0.2) is 9.97 Å². The molecule has 0 spiro atoms. The number of nitrogens with zero attached hydrogens (tertiary/aromatic N) is 2. The minimum atomic E-state index is -0.505. The highest BCUT2D eigenvalue weighted by atomic mass is 19.1. The molecule has 2 rings (SSSR count). The number of benzene rings is 1. The van der Waals surface area contributed by atoms with Crippen LogP contribution in [0.2, 0.25) is 0 Å². The zero-order valence-corrected chi connectivity index (χ0v) is 9.32. The van der Waals surface area contributed by atoms with Crippen LogP contribution < -0.4 is 16.8 Å². The molecule has 0 unspecified atom stereocenters. The molecular formula is C11H11F2N5. The van der Waals surface area contributed by atoms with Crippen molar-refractivity contribution in [2.45, 2.75) is 6.54 Å². The van der Waals surface area contributed by atoms with Gasteiger partial charge in [0.2, 0.25) is 5.95 Å². The fourth-order valence-electron chi connectivity index (χ4n) is 1.44. The number of hydrogen-bond donors (Lipinski definition) is 3. The van der Waals surface area contributed by atoms with Crippen LogP contribution in [0.4, 0.5) is 26.4 Å². The molecule has 0 bridgehead atoms. The third-order valence-electron chi connectivity index (χ3n) is 2.23. The number of halogens is 2. The van der Waals surface area contributed by atoms with Crippen LogP contribution in [0.15, 0.2) is 24.3 Å². The number of anilines is 3. The summed E-state index contributed by atoms with van der Waals surface area (Å²) in [5, 5.41) is 2.79. The van der Waals surface area contributed by atoms with Gasteiger partial charge in [0.15, 0.2) is 0 Å². The Balaban J connectivity index is 2.13. The van der Waals surface area contributed by atoms with Gasteiger partial charge in [0.25, 0.3) is 0 Å². The van der Waals surface area contributed by atoms with E-state index in [4.69, 9.17) is 11.5 Å². The maximum atomic E-state index is 13.3. The Morgan fingerprint density at radius 3 is 2.61 bits per heavy atom. The molecule has 0 aliphatic carbocycles. The van der Waals surface area contributed by atoms with Crippen LogP contribution in [0.25, 0.3) is 0 Å². The quantitative estimate of drug-likeness (QED) is 0.769. The molecule has 94 valence electrons. The van der Waals surface area contributed by atoms with E-state index in [1.165, 1.54) is 6.07 Å². The highest BCUT2D eigenvalue weighted by Gasteiger charge is 2.05. The zero-order chi connectivity index (χ0) is 13.1. The molecule has 1 aromatic heterocycles. The Morgan fingerprint density at radius 1 is 1.11 bits per heavy atom. The second-order valence-corrected chi connectivity index (χ2v) is 3.63. The van der Waals surface area contributed by atoms with Crippen molar-refractivity contribution in [3.05, 3.63) is 41.5 Å². The molecule has 0 saturated heterocycles. The van der Waals surface area contributed by atoms with E-state index in [0.717, 1.165) is 18.2 Å². The molecule has 5 nitrogen and oxygen atoms in total. The van der Waals surface area contributed by atoms with Crippen molar-refractivity contribution in [3.63, 3.8) is 0 Å². The maximum Gasteiger partial charge on any atom is 0.223 e. The zero-order valence-electron chi connectivity index (χ0n) is 9.32. The lowest BCUT2D eigenvalue weighted by molar-refractivity contribution is 0.587. The average Bonchev–Trinajstić information content (AvgIpc) is 2.29. The second kappa shape index (κ2) is 4.82. The summed E-state index contributed by atoms with van der Waals surface area (Å²) in [6.07, 6.45) is 0. The molecule has 0 aliphatic rings. The van der Waals surface area contributed by atoms with Crippen LogP contribution in [0.1, 0.15) is 5.56 Å². The normalized spacial score (nSPS) is 10.3. The summed E-state index contributed by atoms with van der Waals surface area (Å²) >= 11 is 0. The standard InChI is InChI=1S/C11H11F2N5/c12-7-1-2-8(13)6(3-7)5-16-10-4-9(14)17-11(15)18-10/h1-4H,5H2,(H5,14,15,16,17,18). The van der Waals surface area contributed by atoms with Gasteiger partial charge in [-0.3, -0.25) is 0 Å². The van der Waals surface area contributed by atoms with Gasteiger partial charge < -0.3 is 16.8 Å². The van der Waals surface area contributed by atoms with E-state index < -0.39 is 11.6 Å². The van der Waals surface area contributed by atoms with Crippen LogP contribution in [0.5, 0.6) is 0 Å². The van der Waals surface area contributed by atoms with Gasteiger partial charge in [0.1, 0.15) is 23.3 Å². The summed E-state index contributed by atoms with van der Waals surface area (Å²) in [5.41, 5.74) is 11.1. The highest BCUT2D eigenvalue weighted by molar-refractivity contribution is 5.48. The van der Waals surface area contributed by atoms with E-state index in [9.17, 15) is 8.78 Å². The van der Waals surface area contributed by atoms with E-state index in [2.05, 4.69) is 15.3 Å². The Kier molecular flexibility index (Phi) is 3.22. The van der Waals surface area contributed by atoms with E-state index in [0.29, 0.717) is 5.82 Å². The summed E-state index contributed by atoms with van der Waals surface area (Å²) < 4.78 is 26.3. The Labute approximate surface area is 102 Å². The van der Waals surface area contributed by atoms with Gasteiger partial charge in [0, 0.05) is 18.2 Å². The lowest BCUT2D eigenvalue weighted by atomic mass is 10.2. The second-order valence-electron chi connectivity index (χ2n) is 3.63. The first-order valence-electron chi connectivity index (χ1n) is 5.12. The average molecular weight is 251 g/mol. The fraction of sp³-hybridized carbons (Fsp3) is 0.0909. The molecule has 18 heavy (non-hydrogen) atoms. The lowest BCUT2D eigenvalue weighted by Crippen LogP contribution is -2.07. The minimum Gasteiger partial charge on any atom is -0.383 e. The van der Waals surface area contributed by atoms with E-state index >= 15 is 0 Å². The number of hydrogen-bond acceptors (Lipinski definition) is 5. The SMILES string of the molecule is Nc1cc(NCc2cc(F)ccc2F)nc(N)n1. The number of aromatic nitrogens is 2. The van der Waals surface area contributed by atoms with Crippen molar-refractivity contribution in [1.82, 2.24) is 9.97 Å². The van der Waals surface area contributed by atoms with Gasteiger partial charge in [-0.1, -0.05) is 0 Å². The monoisotopic (exact) mass is 251 g/mol. The van der Waals surface area contributed by atoms with E-state index in [1.807, 2.05) is 0 Å². The van der Waals surface area contributed by atoms with E-state index in [-0.39, 0.29) is 23.9 Å². The molecule has 0 aliphatic heterocycles. The molecule has 7 heteroatoms. The molecule has 0 radical (unpaired) electrons. The highest BCUT2D eigenvalue weighted by Crippen LogP contribution is 2.14. The first-order chi connectivity index (χ1) is 8.54. The summed E-state index contributed by atoms with van der Waals surface area (Å²) in [7, 11) is 0. The van der Waals surface area contributed by atoms with Crippen molar-refractivity contribution in [3.8, 4) is 0 Å². The summed E-state index contributed by atoms with van der Waals surface area (Å²) in [6, 6.07) is 4.68. The minimum absolute atomic E-state index is 0.0113. The largest absolute Gasteiger partial charge is 0.383 e. The molecule has 5 N–H and O–H groups in total. The molecule has 0 amide bonds. The Hall–Kier alpha value is -2.44. The first kappa shape index (κ1) is 12.0. The molecule has 0 saturated carbocycles. The molecule has 2 aromatic rings. The summed E-state index contributed by atoms with van der Waals surface area (Å²) in [5.74, 6) is -0.445. The van der Waals surface area contributed by atoms with Crippen molar-refractivity contribution in [2.75, 3.05) is 16.8 Å². The van der Waals surface area contributed by atoms with Crippen molar-refractivity contribution >= 4 is 17.6 Å². The molecule has 1 heterocycles. The third-order valence-corrected chi connectivity index (χ3v) is 2.23. The van der Waals surface area contributed by atoms with Crippen molar-refractivity contribution in [2.24, 2.45) is 0 Å². The molecule has 0 fully saturated rings. The van der Waals surface area contributed by atoms with E-state index in [1.54, 1.807) is 0 Å². The van der Waals surface area contributed by atoms with Gasteiger partial charge in [-0.05, 0) is 18.2 Å². The van der Waals surface area contributed by atoms with Crippen LogP contribution in [-0.2, 0) is 6.54 Å². The number of nitrogens with one attached hydrogen (secondary N) is 1. The van der Waals surface area contributed by atoms with Gasteiger partial charge in [-0.2, -0.15) is 9.97 Å². The van der Waals surface area contributed by atoms with Gasteiger partial charge in [-0.15, -0.1) is 0 Å². The van der Waals surface area contributed by atoms with Crippen LogP contribution in [0.3, 0.4) is 0 Å². The Bertz CT molecular complexity index is 553. The smallest absolute Gasteiger partial charge is 0.223 e. The molecule has 0 atom stereocenters. The van der Waals surface area contributed by atoms with Crippen LogP contribution >= 0.6 is 0 Å². The maximum absolute atomic E-state index is 13.3. The predicted octanol–water partition coefficient (Wildman–Crippen LogP) is 1.53. The molecular weight excluding hydrogens is 240 g/mol. The Morgan fingerprint density at radius 2 is 1.89 bits per heavy atom. The number of rotatable bonds is 3. The summed E-state index contributed by atoms with van der Waals surface area (Å²) in [4.78, 5) is 7.55. The topological polar surface area (TPSA) is 89.8 Å². The van der Waals surface area contributed by atoms with Crippen molar-refractivity contribution in [1.29, 1.82) is 0 Å². The van der Waals surface area contributed by atoms with Gasteiger partial charge in [0.05, 0.1) is 0 Å². The number of nitrogens with two attached hydrogens (primary N) is 2. The summed E-state index contributed by atoms with van der Waals surface area (Å²) in [6.45, 7) is 0.0689. The van der Waals surface area contributed by atoms with Gasteiger partial charge >= 0.3 is 0 Å². The molecule has 1 aromatic carbocycles. The van der Waals surface area contributed by atoms with Gasteiger partial charge in [-0.25, -0.2) is 8.78 Å².